The van der Waals surface area contributed by atoms with E-state index in [-0.39, 0.29) is 23.7 Å². The number of anilines is 2. The molecule has 0 atom stereocenters. The van der Waals surface area contributed by atoms with Crippen molar-refractivity contribution in [3.8, 4) is 5.75 Å². The Morgan fingerprint density at radius 2 is 1.79 bits per heavy atom. The maximum absolute atomic E-state index is 12.8. The number of carbonyl (C=O) groups is 3. The molecule has 4 rings (SSSR count). The first-order chi connectivity index (χ1) is 15.9. The molecule has 166 valence electrons. The number of halogens is 1. The molecule has 1 fully saturated rings. The summed E-state index contributed by atoms with van der Waals surface area (Å²) in [5.74, 6) is -0.145. The summed E-state index contributed by atoms with van der Waals surface area (Å²) in [6.45, 7) is 1.83. The quantitative estimate of drug-likeness (QED) is 0.400. The van der Waals surface area contributed by atoms with Crippen LogP contribution in [0.4, 0.5) is 16.2 Å². The molecular formula is C25H19BrN2O4S. The highest BCUT2D eigenvalue weighted by atomic mass is 79.9. The molecule has 1 aliphatic heterocycles. The van der Waals surface area contributed by atoms with Crippen molar-refractivity contribution >= 4 is 62.2 Å². The average molecular weight is 523 g/mol. The molecule has 1 heterocycles. The number of para-hydroxylation sites is 1. The lowest BCUT2D eigenvalue weighted by atomic mass is 10.2. The highest BCUT2D eigenvalue weighted by molar-refractivity contribution is 9.10. The molecule has 1 saturated heterocycles. The number of hydrogen-bond donors (Lipinski definition) is 1. The molecule has 3 aromatic rings. The number of thioether (sulfide) groups is 1. The van der Waals surface area contributed by atoms with Crippen LogP contribution in [0.15, 0.2) is 82.2 Å². The topological polar surface area (TPSA) is 75.7 Å². The van der Waals surface area contributed by atoms with Crippen molar-refractivity contribution in [3.05, 3.63) is 93.3 Å². The molecule has 0 saturated carbocycles. The lowest BCUT2D eigenvalue weighted by molar-refractivity contribution is -0.118. The van der Waals surface area contributed by atoms with Gasteiger partial charge in [0, 0.05) is 5.69 Å². The maximum atomic E-state index is 12.8. The van der Waals surface area contributed by atoms with E-state index in [1.807, 2.05) is 37.3 Å². The van der Waals surface area contributed by atoms with Gasteiger partial charge < -0.3 is 10.1 Å². The largest absolute Gasteiger partial charge is 0.483 e. The van der Waals surface area contributed by atoms with E-state index in [2.05, 4.69) is 21.2 Å². The van der Waals surface area contributed by atoms with Crippen molar-refractivity contribution in [2.75, 3.05) is 16.8 Å². The van der Waals surface area contributed by atoms with Crippen LogP contribution in [0.2, 0.25) is 0 Å². The number of amides is 3. The normalized spacial score (nSPS) is 14.6. The maximum Gasteiger partial charge on any atom is 0.298 e. The molecule has 0 aliphatic carbocycles. The van der Waals surface area contributed by atoms with Crippen molar-refractivity contribution in [1.29, 1.82) is 0 Å². The summed E-state index contributed by atoms with van der Waals surface area (Å²) < 4.78 is 6.25. The van der Waals surface area contributed by atoms with Crippen molar-refractivity contribution in [2.45, 2.75) is 6.92 Å². The number of aryl methyl sites for hydroxylation is 1. The van der Waals surface area contributed by atoms with Crippen molar-refractivity contribution < 1.29 is 19.1 Å². The van der Waals surface area contributed by atoms with Gasteiger partial charge in [0.2, 0.25) is 0 Å². The predicted octanol–water partition coefficient (Wildman–Crippen LogP) is 6.02. The van der Waals surface area contributed by atoms with Gasteiger partial charge in [-0.15, -0.1) is 0 Å². The Balaban J connectivity index is 1.40. The second-order valence-electron chi connectivity index (χ2n) is 7.25. The van der Waals surface area contributed by atoms with Gasteiger partial charge in [0.05, 0.1) is 15.1 Å². The SMILES string of the molecule is Cc1ccc(NC(=O)COc2ccc(/C=C3/SC(=O)N(c4ccccc4)C3=O)cc2Br)cc1. The van der Waals surface area contributed by atoms with Gasteiger partial charge in [0.25, 0.3) is 17.1 Å². The van der Waals surface area contributed by atoms with Gasteiger partial charge in [-0.3, -0.25) is 14.4 Å². The number of imide groups is 1. The Morgan fingerprint density at radius 1 is 1.06 bits per heavy atom. The molecule has 0 bridgehead atoms. The van der Waals surface area contributed by atoms with Gasteiger partial charge in [-0.1, -0.05) is 42.0 Å². The van der Waals surface area contributed by atoms with E-state index in [0.29, 0.717) is 26.5 Å². The second kappa shape index (κ2) is 10.1. The Hall–Kier alpha value is -3.36. The first-order valence-corrected chi connectivity index (χ1v) is 11.6. The summed E-state index contributed by atoms with van der Waals surface area (Å²) >= 11 is 4.34. The van der Waals surface area contributed by atoms with E-state index in [4.69, 9.17) is 4.74 Å². The highest BCUT2D eigenvalue weighted by Gasteiger charge is 2.36. The van der Waals surface area contributed by atoms with Gasteiger partial charge in [-0.05, 0) is 82.7 Å². The summed E-state index contributed by atoms with van der Waals surface area (Å²) in [6, 6.07) is 21.5. The van der Waals surface area contributed by atoms with Crippen LogP contribution in [-0.2, 0) is 9.59 Å². The van der Waals surface area contributed by atoms with Crippen LogP contribution in [0.3, 0.4) is 0 Å². The molecule has 6 nitrogen and oxygen atoms in total. The zero-order valence-corrected chi connectivity index (χ0v) is 20.0. The second-order valence-corrected chi connectivity index (χ2v) is 9.09. The zero-order valence-electron chi connectivity index (χ0n) is 17.6. The number of carbonyl (C=O) groups excluding carboxylic acids is 3. The highest BCUT2D eigenvalue weighted by Crippen LogP contribution is 2.36. The molecule has 0 unspecified atom stereocenters. The number of nitrogens with zero attached hydrogens (tertiary/aromatic N) is 1. The van der Waals surface area contributed by atoms with Gasteiger partial charge in [-0.2, -0.15) is 0 Å². The van der Waals surface area contributed by atoms with Crippen LogP contribution < -0.4 is 15.0 Å². The van der Waals surface area contributed by atoms with Crippen molar-refractivity contribution in [2.24, 2.45) is 0 Å². The lowest BCUT2D eigenvalue weighted by Crippen LogP contribution is -2.27. The molecule has 8 heteroatoms. The number of hydrogen-bond acceptors (Lipinski definition) is 5. The molecule has 0 spiro atoms. The number of rotatable bonds is 6. The average Bonchev–Trinajstić information content (AvgIpc) is 3.08. The first kappa shape index (κ1) is 22.8. The van der Waals surface area contributed by atoms with Gasteiger partial charge in [0.1, 0.15) is 5.75 Å². The van der Waals surface area contributed by atoms with Crippen LogP contribution in [0, 0.1) is 6.92 Å². The zero-order chi connectivity index (χ0) is 23.4. The molecule has 3 aromatic carbocycles. The Morgan fingerprint density at radius 3 is 2.48 bits per heavy atom. The molecule has 33 heavy (non-hydrogen) atoms. The number of nitrogens with one attached hydrogen (secondary N) is 1. The third kappa shape index (κ3) is 5.53. The van der Waals surface area contributed by atoms with E-state index in [1.54, 1.807) is 48.5 Å². The summed E-state index contributed by atoms with van der Waals surface area (Å²) in [7, 11) is 0. The molecule has 1 N–H and O–H groups in total. The summed E-state index contributed by atoms with van der Waals surface area (Å²) in [5, 5.41) is 2.44. The third-order valence-electron chi connectivity index (χ3n) is 4.76. The van der Waals surface area contributed by atoms with E-state index in [0.717, 1.165) is 27.8 Å². The van der Waals surface area contributed by atoms with Crippen LogP contribution in [0.5, 0.6) is 5.75 Å². The standard InChI is InChI=1S/C25H19BrN2O4S/c1-16-7-10-18(11-8-16)27-23(29)15-32-21-12-9-17(13-20(21)26)14-22-24(30)28(25(31)33-22)19-5-3-2-4-6-19/h2-14H,15H2,1H3,(H,27,29)/b22-14+. The first-order valence-electron chi connectivity index (χ1n) is 10.0. The minimum absolute atomic E-state index is 0.151. The molecule has 1 aliphatic rings. The summed E-state index contributed by atoms with van der Waals surface area (Å²) in [5.41, 5.74) is 3.07. The van der Waals surface area contributed by atoms with E-state index < -0.39 is 0 Å². The minimum Gasteiger partial charge on any atom is -0.483 e. The summed E-state index contributed by atoms with van der Waals surface area (Å²) in [4.78, 5) is 38.8. The van der Waals surface area contributed by atoms with Crippen LogP contribution in [0.25, 0.3) is 6.08 Å². The molecule has 0 aromatic heterocycles. The Labute approximate surface area is 203 Å². The fourth-order valence-corrected chi connectivity index (χ4v) is 4.47. The molecular weight excluding hydrogens is 504 g/mol. The number of benzene rings is 3. The van der Waals surface area contributed by atoms with Gasteiger partial charge in [0.15, 0.2) is 6.61 Å². The summed E-state index contributed by atoms with van der Waals surface area (Å²) in [6.07, 6.45) is 1.66. The molecule has 0 radical (unpaired) electrons. The Bertz CT molecular complexity index is 1240. The van der Waals surface area contributed by atoms with Crippen LogP contribution >= 0.6 is 27.7 Å². The van der Waals surface area contributed by atoms with Crippen molar-refractivity contribution in [1.82, 2.24) is 0 Å². The van der Waals surface area contributed by atoms with Crippen molar-refractivity contribution in [3.63, 3.8) is 0 Å². The molecule has 3 amide bonds. The smallest absolute Gasteiger partial charge is 0.298 e. The van der Waals surface area contributed by atoms with Gasteiger partial charge >= 0.3 is 0 Å². The minimum atomic E-state index is -0.361. The van der Waals surface area contributed by atoms with Gasteiger partial charge in [-0.25, -0.2) is 4.90 Å². The fraction of sp³-hybridized carbons (Fsp3) is 0.0800. The van der Waals surface area contributed by atoms with E-state index in [1.165, 1.54) is 0 Å². The fourth-order valence-electron chi connectivity index (χ4n) is 3.12. The lowest BCUT2D eigenvalue weighted by Gasteiger charge is -2.11. The van der Waals surface area contributed by atoms with Crippen LogP contribution in [0.1, 0.15) is 11.1 Å². The van der Waals surface area contributed by atoms with E-state index >= 15 is 0 Å². The Kier molecular flexibility index (Phi) is 6.96. The predicted molar refractivity (Wildman–Crippen MR) is 134 cm³/mol. The third-order valence-corrected chi connectivity index (χ3v) is 6.25. The number of ether oxygens (including phenoxy) is 1. The van der Waals surface area contributed by atoms with E-state index in [9.17, 15) is 14.4 Å². The monoisotopic (exact) mass is 522 g/mol. The van der Waals surface area contributed by atoms with Crippen LogP contribution in [-0.4, -0.2) is 23.7 Å².